The SMILES string of the molecule is Cc1cc(C(C)Nc2ccccc2C(=O)O)c2oc(C3=CC(CCC4C=CC=P4)=CNC3)c(C)c(=O)c2c1. The molecule has 0 saturated carbocycles. The number of dihydropyridines is 1. The second kappa shape index (κ2) is 10.8. The van der Waals surface area contributed by atoms with Gasteiger partial charge in [0.05, 0.1) is 17.0 Å². The molecule has 5 rings (SSSR count). The highest BCUT2D eigenvalue weighted by Crippen LogP contribution is 2.33. The molecule has 2 unspecified atom stereocenters. The van der Waals surface area contributed by atoms with E-state index >= 15 is 0 Å². The van der Waals surface area contributed by atoms with Gasteiger partial charge in [0.1, 0.15) is 11.3 Å². The molecular weight excluding hydrogens is 495 g/mol. The van der Waals surface area contributed by atoms with E-state index in [1.54, 1.807) is 24.3 Å². The predicted octanol–water partition coefficient (Wildman–Crippen LogP) is 6.62. The summed E-state index contributed by atoms with van der Waals surface area (Å²) in [7, 11) is 1.35. The molecule has 3 heterocycles. The van der Waals surface area contributed by atoms with Crippen LogP contribution in [0.3, 0.4) is 0 Å². The maximum atomic E-state index is 13.6. The average Bonchev–Trinajstić information content (AvgIpc) is 3.43. The minimum absolute atomic E-state index is 0.0493. The number of anilines is 1. The van der Waals surface area contributed by atoms with Gasteiger partial charge in [-0.25, -0.2) is 4.79 Å². The average molecular weight is 527 g/mol. The second-order valence-corrected chi connectivity index (χ2v) is 11.2. The van der Waals surface area contributed by atoms with Gasteiger partial charge in [0.25, 0.3) is 0 Å². The van der Waals surface area contributed by atoms with Crippen LogP contribution in [0.15, 0.2) is 75.6 Å². The Bertz CT molecular complexity index is 1580. The minimum Gasteiger partial charge on any atom is -0.478 e. The molecule has 3 N–H and O–H groups in total. The van der Waals surface area contributed by atoms with Gasteiger partial charge in [0.15, 0.2) is 5.43 Å². The quantitative estimate of drug-likeness (QED) is 0.286. The number of hydrogen-bond donors (Lipinski definition) is 3. The molecule has 2 aliphatic rings. The first kappa shape index (κ1) is 25.7. The van der Waals surface area contributed by atoms with Gasteiger partial charge in [0, 0.05) is 34.6 Å². The summed E-state index contributed by atoms with van der Waals surface area (Å²) in [5.41, 5.74) is 6.21. The minimum atomic E-state index is -0.999. The highest BCUT2D eigenvalue weighted by Gasteiger charge is 2.22. The van der Waals surface area contributed by atoms with Crippen LogP contribution in [-0.4, -0.2) is 29.1 Å². The molecule has 1 aromatic heterocycles. The molecule has 0 saturated heterocycles. The van der Waals surface area contributed by atoms with Gasteiger partial charge in [0.2, 0.25) is 0 Å². The van der Waals surface area contributed by atoms with Crippen LogP contribution >= 0.6 is 8.20 Å². The molecule has 0 bridgehead atoms. The lowest BCUT2D eigenvalue weighted by Crippen LogP contribution is -2.18. The number of aryl methyl sites for hydroxylation is 1. The first-order valence-electron chi connectivity index (χ1n) is 12.8. The van der Waals surface area contributed by atoms with E-state index in [0.717, 1.165) is 29.5 Å². The summed E-state index contributed by atoms with van der Waals surface area (Å²) < 4.78 is 6.55. The first-order valence-corrected chi connectivity index (χ1v) is 13.8. The van der Waals surface area contributed by atoms with Crippen molar-refractivity contribution in [3.63, 3.8) is 0 Å². The molecule has 6 nitrogen and oxygen atoms in total. The van der Waals surface area contributed by atoms with Gasteiger partial charge in [-0.05, 0) is 81.0 Å². The maximum absolute atomic E-state index is 13.6. The van der Waals surface area contributed by atoms with Crippen molar-refractivity contribution in [3.8, 4) is 0 Å². The van der Waals surface area contributed by atoms with Crippen molar-refractivity contribution >= 4 is 42.2 Å². The number of aromatic carboxylic acids is 1. The van der Waals surface area contributed by atoms with Crippen LogP contribution in [0.1, 0.15) is 58.6 Å². The van der Waals surface area contributed by atoms with Crippen LogP contribution in [0.25, 0.3) is 16.5 Å². The maximum Gasteiger partial charge on any atom is 0.337 e. The summed E-state index contributed by atoms with van der Waals surface area (Å²) in [4.78, 5) is 25.3. The fraction of sp³-hybridized carbons (Fsp3) is 0.258. The van der Waals surface area contributed by atoms with E-state index in [4.69, 9.17) is 4.42 Å². The Hall–Kier alpha value is -3.89. The highest BCUT2D eigenvalue weighted by molar-refractivity contribution is 7.40. The van der Waals surface area contributed by atoms with Crippen LogP contribution in [0.5, 0.6) is 0 Å². The summed E-state index contributed by atoms with van der Waals surface area (Å²) in [5.74, 6) is 1.78. The number of para-hydroxylation sites is 1. The molecule has 0 radical (unpaired) electrons. The number of hydrogen-bond acceptors (Lipinski definition) is 5. The molecule has 0 aliphatic carbocycles. The lowest BCUT2D eigenvalue weighted by Gasteiger charge is -2.21. The molecule has 0 spiro atoms. The molecule has 0 amide bonds. The smallest absolute Gasteiger partial charge is 0.337 e. The van der Waals surface area contributed by atoms with E-state index in [2.05, 4.69) is 40.9 Å². The Morgan fingerprint density at radius 3 is 2.84 bits per heavy atom. The second-order valence-electron chi connectivity index (χ2n) is 9.89. The fourth-order valence-electron chi connectivity index (χ4n) is 5.07. The van der Waals surface area contributed by atoms with Crippen LogP contribution < -0.4 is 16.1 Å². The van der Waals surface area contributed by atoms with E-state index in [-0.39, 0.29) is 17.0 Å². The number of fused-ring (bicyclic) bond motifs is 1. The zero-order chi connectivity index (χ0) is 26.8. The number of allylic oxidation sites excluding steroid dienone is 4. The number of carboxylic acid groups (broad SMARTS) is 1. The zero-order valence-corrected chi connectivity index (χ0v) is 22.6. The van der Waals surface area contributed by atoms with Crippen molar-refractivity contribution in [2.45, 2.75) is 45.3 Å². The number of nitrogens with one attached hydrogen (secondary N) is 2. The van der Waals surface area contributed by atoms with E-state index in [9.17, 15) is 14.7 Å². The monoisotopic (exact) mass is 526 g/mol. The van der Waals surface area contributed by atoms with Gasteiger partial charge in [-0.1, -0.05) is 38.6 Å². The Morgan fingerprint density at radius 1 is 1.26 bits per heavy atom. The van der Waals surface area contributed by atoms with Crippen LogP contribution in [-0.2, 0) is 0 Å². The van der Waals surface area contributed by atoms with Gasteiger partial charge >= 0.3 is 5.97 Å². The standard InChI is InChI=1S/C31H31N2O4P/c1-18-13-25(20(3)33-27-9-5-4-8-24(27)31(35)36)30-26(14-18)28(34)19(2)29(37-30)22-15-21(16-32-17-22)10-11-23-7-6-12-38-23/h4-9,12-16,20,23,32-33H,10-11,17H2,1-3H3,(H,35,36). The molecule has 194 valence electrons. The molecule has 2 atom stereocenters. The molecule has 2 aliphatic heterocycles. The van der Waals surface area contributed by atoms with Crippen molar-refractivity contribution in [2.24, 2.45) is 0 Å². The topological polar surface area (TPSA) is 91.6 Å². The third-order valence-corrected chi connectivity index (χ3v) is 8.20. The third kappa shape index (κ3) is 5.23. The van der Waals surface area contributed by atoms with Gasteiger partial charge in [-0.2, -0.15) is 0 Å². The Balaban J connectivity index is 1.53. The van der Waals surface area contributed by atoms with Gasteiger partial charge in [-0.15, -0.1) is 0 Å². The number of carbonyl (C=O) groups is 1. The summed E-state index contributed by atoms with van der Waals surface area (Å²) >= 11 is 0. The summed E-state index contributed by atoms with van der Waals surface area (Å²) in [6, 6.07) is 10.4. The molecule has 2 aromatic carbocycles. The summed E-state index contributed by atoms with van der Waals surface area (Å²) in [5, 5.41) is 16.8. The summed E-state index contributed by atoms with van der Waals surface area (Å²) in [6.45, 7) is 6.30. The van der Waals surface area contributed by atoms with E-state index in [1.807, 2.05) is 32.9 Å². The number of benzene rings is 2. The Kier molecular flexibility index (Phi) is 7.35. The van der Waals surface area contributed by atoms with Crippen LogP contribution in [0, 0.1) is 13.8 Å². The van der Waals surface area contributed by atoms with E-state index in [1.165, 1.54) is 13.8 Å². The van der Waals surface area contributed by atoms with Crippen molar-refractivity contribution in [2.75, 3.05) is 11.9 Å². The molecule has 7 heteroatoms. The molecule has 3 aromatic rings. The Morgan fingerprint density at radius 2 is 2.08 bits per heavy atom. The Labute approximate surface area is 223 Å². The van der Waals surface area contributed by atoms with Crippen molar-refractivity contribution in [3.05, 3.63) is 105 Å². The van der Waals surface area contributed by atoms with Crippen molar-refractivity contribution in [1.29, 1.82) is 0 Å². The van der Waals surface area contributed by atoms with Crippen molar-refractivity contribution in [1.82, 2.24) is 5.32 Å². The third-order valence-electron chi connectivity index (χ3n) is 7.04. The normalized spacial score (nSPS) is 17.6. The van der Waals surface area contributed by atoms with Crippen LogP contribution in [0.2, 0.25) is 0 Å². The number of carboxylic acids is 1. The predicted molar refractivity (Wildman–Crippen MR) is 157 cm³/mol. The largest absolute Gasteiger partial charge is 0.478 e. The lowest BCUT2D eigenvalue weighted by molar-refractivity contribution is 0.0698. The lowest BCUT2D eigenvalue weighted by atomic mass is 9.97. The van der Waals surface area contributed by atoms with Gasteiger partial charge in [-0.3, -0.25) is 4.79 Å². The molecule has 0 fully saturated rings. The van der Waals surface area contributed by atoms with Crippen LogP contribution in [0.4, 0.5) is 5.69 Å². The fourth-order valence-corrected chi connectivity index (χ4v) is 5.97. The van der Waals surface area contributed by atoms with E-state index < -0.39 is 5.97 Å². The first-order chi connectivity index (χ1) is 18.3. The molecular formula is C31H31N2O4P. The molecule has 38 heavy (non-hydrogen) atoms. The van der Waals surface area contributed by atoms with Gasteiger partial charge < -0.3 is 20.2 Å². The summed E-state index contributed by atoms with van der Waals surface area (Å²) in [6.07, 6.45) is 10.6. The number of rotatable bonds is 8. The zero-order valence-electron chi connectivity index (χ0n) is 21.7. The van der Waals surface area contributed by atoms with Crippen molar-refractivity contribution < 1.29 is 14.3 Å². The highest BCUT2D eigenvalue weighted by atomic mass is 31.1. The van der Waals surface area contributed by atoms with E-state index in [0.29, 0.717) is 40.2 Å².